The number of aldehydes is 1. The topological polar surface area (TPSA) is 86.8 Å². The molecule has 7 nitrogen and oxygen atoms in total. The fourth-order valence-electron chi connectivity index (χ4n) is 3.51. The molecule has 1 aromatic rings. The van der Waals surface area contributed by atoms with E-state index in [0.29, 0.717) is 12.0 Å². The van der Waals surface area contributed by atoms with Crippen LogP contribution in [0.5, 0.6) is 0 Å². The first kappa shape index (κ1) is 18.1. The summed E-state index contributed by atoms with van der Waals surface area (Å²) in [4.78, 5) is 50.3. The number of imide groups is 1. The van der Waals surface area contributed by atoms with Crippen molar-refractivity contribution in [1.82, 2.24) is 10.2 Å². The van der Waals surface area contributed by atoms with Crippen molar-refractivity contribution in [3.8, 4) is 0 Å². The molecule has 138 valence electrons. The molecule has 26 heavy (non-hydrogen) atoms. The number of amides is 3. The van der Waals surface area contributed by atoms with Gasteiger partial charge >= 0.3 is 0 Å². The van der Waals surface area contributed by atoms with Gasteiger partial charge in [-0.25, -0.2) is 0 Å². The lowest BCUT2D eigenvalue weighted by Crippen LogP contribution is -2.52. The third kappa shape index (κ3) is 3.76. The van der Waals surface area contributed by atoms with Gasteiger partial charge in [-0.15, -0.1) is 0 Å². The van der Waals surface area contributed by atoms with E-state index >= 15 is 0 Å². The van der Waals surface area contributed by atoms with Gasteiger partial charge in [0.05, 0.1) is 0 Å². The van der Waals surface area contributed by atoms with E-state index in [2.05, 4.69) is 10.2 Å². The Balaban J connectivity index is 1.64. The number of hydrogen-bond donors (Lipinski definition) is 1. The number of piperidine rings is 2. The molecule has 7 heteroatoms. The highest BCUT2D eigenvalue weighted by molar-refractivity contribution is 6.03. The van der Waals surface area contributed by atoms with E-state index in [1.54, 1.807) is 19.2 Å². The lowest BCUT2D eigenvalue weighted by Gasteiger charge is -2.32. The number of rotatable bonds is 4. The monoisotopic (exact) mass is 357 g/mol. The zero-order chi connectivity index (χ0) is 18.7. The molecule has 0 bridgehead atoms. The molecule has 3 amide bonds. The van der Waals surface area contributed by atoms with E-state index in [4.69, 9.17) is 0 Å². The van der Waals surface area contributed by atoms with Crippen molar-refractivity contribution < 1.29 is 19.2 Å². The largest absolute Gasteiger partial charge is 0.371 e. The van der Waals surface area contributed by atoms with Crippen LogP contribution in [0.3, 0.4) is 0 Å². The molecule has 1 N–H and O–H groups in total. The first-order valence-electron chi connectivity index (χ1n) is 8.90. The number of carbonyl (C=O) groups is 4. The van der Waals surface area contributed by atoms with Crippen molar-refractivity contribution in [2.45, 2.75) is 31.7 Å². The Morgan fingerprint density at radius 1 is 1.15 bits per heavy atom. The Labute approximate surface area is 152 Å². The van der Waals surface area contributed by atoms with Crippen LogP contribution in [0.1, 0.15) is 36.0 Å². The Morgan fingerprint density at radius 2 is 1.81 bits per heavy atom. The molecule has 2 heterocycles. The van der Waals surface area contributed by atoms with Gasteiger partial charge in [0, 0.05) is 43.7 Å². The maximum absolute atomic E-state index is 12.6. The molecule has 1 unspecified atom stereocenters. The van der Waals surface area contributed by atoms with Gasteiger partial charge in [0.25, 0.3) is 5.91 Å². The smallest absolute Gasteiger partial charge is 0.254 e. The molecule has 2 saturated heterocycles. The molecule has 1 aromatic carbocycles. The number of nitrogens with zero attached hydrogens (tertiary/aromatic N) is 2. The van der Waals surface area contributed by atoms with Crippen molar-refractivity contribution in [2.24, 2.45) is 5.92 Å². The Hall–Kier alpha value is -2.70. The van der Waals surface area contributed by atoms with Gasteiger partial charge < -0.3 is 14.6 Å². The van der Waals surface area contributed by atoms with Crippen LogP contribution in [0.25, 0.3) is 0 Å². The fourth-order valence-corrected chi connectivity index (χ4v) is 3.51. The van der Waals surface area contributed by atoms with Crippen LogP contribution in [-0.2, 0) is 14.4 Å². The summed E-state index contributed by atoms with van der Waals surface area (Å²) in [6.45, 7) is 1.65. The average molecular weight is 357 g/mol. The highest BCUT2D eigenvalue weighted by Gasteiger charge is 2.32. The minimum absolute atomic E-state index is 0.147. The highest BCUT2D eigenvalue weighted by Crippen LogP contribution is 2.23. The predicted octanol–water partition coefficient (Wildman–Crippen LogP) is 0.979. The van der Waals surface area contributed by atoms with Crippen LogP contribution in [0.15, 0.2) is 24.3 Å². The van der Waals surface area contributed by atoms with Crippen molar-refractivity contribution >= 4 is 29.7 Å². The van der Waals surface area contributed by atoms with Gasteiger partial charge in [0.15, 0.2) is 0 Å². The van der Waals surface area contributed by atoms with Gasteiger partial charge in [-0.2, -0.15) is 0 Å². The number of carbonyl (C=O) groups excluding carboxylic acids is 4. The lowest BCUT2D eigenvalue weighted by atomic mass is 9.98. The summed E-state index contributed by atoms with van der Waals surface area (Å²) in [5.41, 5.74) is 1.53. The number of benzene rings is 1. The van der Waals surface area contributed by atoms with E-state index in [-0.39, 0.29) is 24.2 Å². The molecule has 0 spiro atoms. The Morgan fingerprint density at radius 3 is 2.38 bits per heavy atom. The van der Waals surface area contributed by atoms with E-state index in [1.165, 1.54) is 4.90 Å². The minimum atomic E-state index is -0.623. The molecule has 0 aromatic heterocycles. The van der Waals surface area contributed by atoms with Gasteiger partial charge in [-0.1, -0.05) is 0 Å². The predicted molar refractivity (Wildman–Crippen MR) is 95.7 cm³/mol. The molecule has 0 saturated carbocycles. The highest BCUT2D eigenvalue weighted by atomic mass is 16.2. The summed E-state index contributed by atoms with van der Waals surface area (Å²) in [6.07, 6.45) is 3.31. The van der Waals surface area contributed by atoms with E-state index in [1.807, 2.05) is 12.1 Å². The van der Waals surface area contributed by atoms with E-state index in [9.17, 15) is 19.2 Å². The summed E-state index contributed by atoms with van der Waals surface area (Å²) < 4.78 is 0. The fraction of sp³-hybridized carbons (Fsp3) is 0.474. The first-order chi connectivity index (χ1) is 12.5. The summed E-state index contributed by atoms with van der Waals surface area (Å²) in [6, 6.07) is 6.68. The maximum Gasteiger partial charge on any atom is 0.254 e. The summed E-state index contributed by atoms with van der Waals surface area (Å²) in [5.74, 6) is -0.818. The van der Waals surface area contributed by atoms with E-state index < -0.39 is 11.9 Å². The average Bonchev–Trinajstić information content (AvgIpc) is 2.67. The maximum atomic E-state index is 12.6. The third-order valence-corrected chi connectivity index (χ3v) is 5.21. The molecule has 0 radical (unpaired) electrons. The third-order valence-electron chi connectivity index (χ3n) is 5.21. The normalized spacial score (nSPS) is 21.3. The summed E-state index contributed by atoms with van der Waals surface area (Å²) in [5, 5.41) is 2.27. The van der Waals surface area contributed by atoms with Gasteiger partial charge in [-0.3, -0.25) is 19.7 Å². The van der Waals surface area contributed by atoms with Crippen LogP contribution in [-0.4, -0.2) is 55.1 Å². The van der Waals surface area contributed by atoms with Crippen LogP contribution < -0.4 is 10.2 Å². The SMILES string of the molecule is CN(C(=O)c1ccc(N2CCC(C=O)CC2)cc1)C1CCC(=O)NC1=O. The van der Waals surface area contributed by atoms with Gasteiger partial charge in [0.1, 0.15) is 12.3 Å². The summed E-state index contributed by atoms with van der Waals surface area (Å²) in [7, 11) is 1.58. The number of hydrogen-bond acceptors (Lipinski definition) is 5. The van der Waals surface area contributed by atoms with Crippen molar-refractivity contribution in [2.75, 3.05) is 25.0 Å². The van der Waals surface area contributed by atoms with Crippen molar-refractivity contribution in [3.63, 3.8) is 0 Å². The molecule has 2 aliphatic rings. The second-order valence-electron chi connectivity index (χ2n) is 6.89. The van der Waals surface area contributed by atoms with Crippen LogP contribution in [0.4, 0.5) is 5.69 Å². The van der Waals surface area contributed by atoms with Crippen LogP contribution in [0.2, 0.25) is 0 Å². The Bertz CT molecular complexity index is 708. The molecule has 0 aliphatic carbocycles. The second-order valence-corrected chi connectivity index (χ2v) is 6.89. The molecular formula is C19H23N3O4. The standard InChI is InChI=1S/C19H23N3O4/c1-21(16-6-7-17(24)20-18(16)25)19(26)14-2-4-15(5-3-14)22-10-8-13(12-23)9-11-22/h2-5,12-13,16H,6-11H2,1H3,(H,20,24,25). The number of anilines is 1. The first-order valence-corrected chi connectivity index (χ1v) is 8.90. The second kappa shape index (κ2) is 7.68. The quantitative estimate of drug-likeness (QED) is 0.641. The zero-order valence-electron chi connectivity index (χ0n) is 14.8. The molecular weight excluding hydrogens is 334 g/mol. The summed E-state index contributed by atoms with van der Waals surface area (Å²) >= 11 is 0. The molecule has 2 aliphatic heterocycles. The number of nitrogens with one attached hydrogen (secondary N) is 1. The van der Waals surface area contributed by atoms with Gasteiger partial charge in [0.2, 0.25) is 11.8 Å². The van der Waals surface area contributed by atoms with E-state index in [0.717, 1.165) is 37.9 Å². The van der Waals surface area contributed by atoms with Crippen LogP contribution >= 0.6 is 0 Å². The van der Waals surface area contributed by atoms with Crippen LogP contribution in [0, 0.1) is 5.92 Å². The van der Waals surface area contributed by atoms with Crippen molar-refractivity contribution in [1.29, 1.82) is 0 Å². The Kier molecular flexibility index (Phi) is 5.35. The zero-order valence-corrected chi connectivity index (χ0v) is 14.8. The molecule has 2 fully saturated rings. The van der Waals surface area contributed by atoms with Crippen molar-refractivity contribution in [3.05, 3.63) is 29.8 Å². The lowest BCUT2D eigenvalue weighted by molar-refractivity contribution is -0.136. The number of likely N-dealkylation sites (N-methyl/N-ethyl adjacent to an activating group) is 1. The minimum Gasteiger partial charge on any atom is -0.371 e. The molecule has 1 atom stereocenters. The van der Waals surface area contributed by atoms with Gasteiger partial charge in [-0.05, 0) is 43.5 Å². The molecule has 3 rings (SSSR count).